The predicted molar refractivity (Wildman–Crippen MR) is 116 cm³/mol. The van der Waals surface area contributed by atoms with E-state index in [4.69, 9.17) is 11.6 Å². The quantitative estimate of drug-likeness (QED) is 0.458. The van der Waals surface area contributed by atoms with Crippen LogP contribution in [0.3, 0.4) is 0 Å². The average Bonchev–Trinajstić information content (AvgIpc) is 3.48. The lowest BCUT2D eigenvalue weighted by atomic mass is 9.93. The molecule has 0 aliphatic heterocycles. The lowest BCUT2D eigenvalue weighted by Gasteiger charge is -2.27. The van der Waals surface area contributed by atoms with Crippen molar-refractivity contribution in [3.05, 3.63) is 87.6 Å². The number of benzene rings is 1. The van der Waals surface area contributed by atoms with Crippen LogP contribution in [0.15, 0.2) is 64.5 Å². The first-order chi connectivity index (χ1) is 15.4. The number of nitrogens with zero attached hydrogens (tertiary/aromatic N) is 5. The number of halogens is 1. The van der Waals surface area contributed by atoms with Gasteiger partial charge in [-0.15, -0.1) is 0 Å². The molecule has 3 aromatic heterocycles. The lowest BCUT2D eigenvalue weighted by Crippen LogP contribution is -2.30. The number of amides is 1. The molecular formula is C21H19ClN6O4. The first-order valence-electron chi connectivity index (χ1n) is 9.62. The molecule has 11 heteroatoms. The maximum absolute atomic E-state index is 12.7. The summed E-state index contributed by atoms with van der Waals surface area (Å²) in [5, 5.41) is 21.2. The summed E-state index contributed by atoms with van der Waals surface area (Å²) in [7, 11) is 1.48. The number of hydrogen-bond acceptors (Lipinski definition) is 7. The summed E-state index contributed by atoms with van der Waals surface area (Å²) >= 11 is 6.48. The standard InChI is InChI=1S/C21H19ClN6O4/c1-12(17(28-9-5-8-23-28)14-6-3-4-7-15(14)22)19-26-16(18(29)21(31)27(19)2)20(30)25-13-10-24-32-11-13/h3-12,17,29H,1-2H3,(H,25,30)/t12-,17-/m1/s1. The Balaban J connectivity index is 1.82. The molecule has 0 saturated heterocycles. The molecule has 0 bridgehead atoms. The highest BCUT2D eigenvalue weighted by atomic mass is 35.5. The second-order valence-corrected chi connectivity index (χ2v) is 7.55. The van der Waals surface area contributed by atoms with Crippen molar-refractivity contribution in [1.82, 2.24) is 24.5 Å². The molecule has 0 spiro atoms. The fraction of sp³-hybridized carbons (Fsp3) is 0.190. The number of carbonyl (C=O) groups is 1. The first-order valence-corrected chi connectivity index (χ1v) is 10.0. The molecule has 10 nitrogen and oxygen atoms in total. The molecule has 0 aliphatic rings. The van der Waals surface area contributed by atoms with E-state index in [-0.39, 0.29) is 11.5 Å². The lowest BCUT2D eigenvalue weighted by molar-refractivity contribution is 0.101. The topological polar surface area (TPSA) is 128 Å². The fourth-order valence-corrected chi connectivity index (χ4v) is 3.82. The summed E-state index contributed by atoms with van der Waals surface area (Å²) in [5.41, 5.74) is -0.134. The molecule has 164 valence electrons. The van der Waals surface area contributed by atoms with Crippen LogP contribution in [0, 0.1) is 0 Å². The maximum Gasteiger partial charge on any atom is 0.296 e. The third-order valence-corrected chi connectivity index (χ3v) is 5.47. The van der Waals surface area contributed by atoms with Crippen LogP contribution in [0.1, 0.15) is 40.8 Å². The van der Waals surface area contributed by atoms with E-state index < -0.39 is 34.9 Å². The van der Waals surface area contributed by atoms with Gasteiger partial charge in [-0.3, -0.25) is 18.8 Å². The molecule has 2 N–H and O–H groups in total. The highest BCUT2D eigenvalue weighted by Gasteiger charge is 2.30. The summed E-state index contributed by atoms with van der Waals surface area (Å²) < 4.78 is 7.61. The van der Waals surface area contributed by atoms with E-state index in [9.17, 15) is 14.7 Å². The van der Waals surface area contributed by atoms with E-state index in [1.54, 1.807) is 29.2 Å². The molecule has 0 saturated carbocycles. The van der Waals surface area contributed by atoms with Gasteiger partial charge in [-0.25, -0.2) is 4.98 Å². The SMILES string of the molecule is C[C@@H](c1nc(C(=O)Nc2cnoc2)c(O)c(=O)n1C)[C@H](c1ccccc1Cl)n1cccn1. The Bertz CT molecular complexity index is 1300. The molecule has 0 aliphatic carbocycles. The van der Waals surface area contributed by atoms with E-state index >= 15 is 0 Å². The highest BCUT2D eigenvalue weighted by molar-refractivity contribution is 6.31. The van der Waals surface area contributed by atoms with Gasteiger partial charge in [0.05, 0.1) is 12.2 Å². The summed E-state index contributed by atoms with van der Waals surface area (Å²) in [6.45, 7) is 1.84. The number of hydrogen-bond donors (Lipinski definition) is 2. The van der Waals surface area contributed by atoms with E-state index in [1.807, 2.05) is 25.1 Å². The van der Waals surface area contributed by atoms with E-state index in [0.29, 0.717) is 5.02 Å². The van der Waals surface area contributed by atoms with Crippen molar-refractivity contribution >= 4 is 23.2 Å². The molecule has 0 unspecified atom stereocenters. The average molecular weight is 455 g/mol. The minimum atomic E-state index is -0.773. The van der Waals surface area contributed by atoms with Crippen molar-refractivity contribution in [3.63, 3.8) is 0 Å². The van der Waals surface area contributed by atoms with Crippen LogP contribution in [-0.2, 0) is 7.05 Å². The zero-order chi connectivity index (χ0) is 22.8. The zero-order valence-electron chi connectivity index (χ0n) is 17.1. The smallest absolute Gasteiger partial charge is 0.296 e. The van der Waals surface area contributed by atoms with Crippen LogP contribution in [0.5, 0.6) is 5.75 Å². The van der Waals surface area contributed by atoms with Gasteiger partial charge in [0.25, 0.3) is 11.5 Å². The Morgan fingerprint density at radius 3 is 2.72 bits per heavy atom. The highest BCUT2D eigenvalue weighted by Crippen LogP contribution is 2.36. The maximum atomic E-state index is 12.7. The van der Waals surface area contributed by atoms with Crippen LogP contribution < -0.4 is 10.9 Å². The fourth-order valence-electron chi connectivity index (χ4n) is 3.57. The Hall–Kier alpha value is -3.92. The Morgan fingerprint density at radius 2 is 2.06 bits per heavy atom. The second kappa shape index (κ2) is 8.67. The van der Waals surface area contributed by atoms with Crippen LogP contribution in [0.2, 0.25) is 5.02 Å². The van der Waals surface area contributed by atoms with E-state index in [0.717, 1.165) is 5.56 Å². The van der Waals surface area contributed by atoms with Gasteiger partial charge in [0.1, 0.15) is 17.8 Å². The molecule has 0 radical (unpaired) electrons. The molecule has 1 aromatic carbocycles. The molecule has 4 aromatic rings. The molecule has 2 atom stereocenters. The Morgan fingerprint density at radius 1 is 1.28 bits per heavy atom. The van der Waals surface area contributed by atoms with Crippen molar-refractivity contribution in [2.45, 2.75) is 18.9 Å². The molecule has 0 fully saturated rings. The van der Waals surface area contributed by atoms with Gasteiger partial charge in [-0.2, -0.15) is 5.10 Å². The van der Waals surface area contributed by atoms with Gasteiger partial charge in [0.15, 0.2) is 5.69 Å². The van der Waals surface area contributed by atoms with E-state index in [1.165, 1.54) is 24.1 Å². The summed E-state index contributed by atoms with van der Waals surface area (Å²) in [4.78, 5) is 29.8. The minimum Gasteiger partial charge on any atom is -0.501 e. The van der Waals surface area contributed by atoms with Crippen molar-refractivity contribution in [3.8, 4) is 5.75 Å². The second-order valence-electron chi connectivity index (χ2n) is 7.14. The number of rotatable bonds is 6. The van der Waals surface area contributed by atoms with E-state index in [2.05, 4.69) is 25.1 Å². The Kier molecular flexibility index (Phi) is 5.78. The number of carbonyl (C=O) groups excluding carboxylic acids is 1. The molecule has 4 rings (SSSR count). The van der Waals surface area contributed by atoms with Crippen molar-refractivity contribution in [2.24, 2.45) is 7.05 Å². The summed E-state index contributed by atoms with van der Waals surface area (Å²) in [6, 6.07) is 8.64. The molecule has 32 heavy (non-hydrogen) atoms. The molecule has 1 amide bonds. The van der Waals surface area contributed by atoms with Gasteiger partial charge >= 0.3 is 0 Å². The van der Waals surface area contributed by atoms with Crippen molar-refractivity contribution in [2.75, 3.05) is 5.32 Å². The van der Waals surface area contributed by atoms with Crippen molar-refractivity contribution < 1.29 is 14.4 Å². The normalized spacial score (nSPS) is 13.0. The largest absolute Gasteiger partial charge is 0.501 e. The zero-order valence-corrected chi connectivity index (χ0v) is 17.9. The minimum absolute atomic E-state index is 0.261. The monoisotopic (exact) mass is 454 g/mol. The van der Waals surface area contributed by atoms with Crippen LogP contribution in [0.25, 0.3) is 0 Å². The number of nitrogens with one attached hydrogen (secondary N) is 1. The first kappa shape index (κ1) is 21.3. The van der Waals surface area contributed by atoms with Crippen LogP contribution in [0.4, 0.5) is 5.69 Å². The van der Waals surface area contributed by atoms with Crippen LogP contribution >= 0.6 is 11.6 Å². The molecular weight excluding hydrogens is 436 g/mol. The third kappa shape index (κ3) is 3.87. The van der Waals surface area contributed by atoms with Gasteiger partial charge in [0.2, 0.25) is 5.75 Å². The van der Waals surface area contributed by atoms with Gasteiger partial charge < -0.3 is 14.9 Å². The van der Waals surface area contributed by atoms with Gasteiger partial charge in [-0.05, 0) is 17.7 Å². The van der Waals surface area contributed by atoms with Gasteiger partial charge in [-0.1, -0.05) is 41.9 Å². The third-order valence-electron chi connectivity index (χ3n) is 5.12. The molecule has 3 heterocycles. The summed E-state index contributed by atoms with van der Waals surface area (Å²) in [5.74, 6) is -1.73. The number of anilines is 1. The van der Waals surface area contributed by atoms with Crippen molar-refractivity contribution in [1.29, 1.82) is 0 Å². The van der Waals surface area contributed by atoms with Crippen LogP contribution in [-0.4, -0.2) is 35.5 Å². The number of aromatic hydroxyl groups is 1. The number of aromatic nitrogens is 5. The summed E-state index contributed by atoms with van der Waals surface area (Å²) in [6.07, 6.45) is 5.91. The van der Waals surface area contributed by atoms with Gasteiger partial charge in [0, 0.05) is 30.4 Å². The predicted octanol–water partition coefficient (Wildman–Crippen LogP) is 2.97. The Labute approximate surface area is 187 Å².